The highest BCUT2D eigenvalue weighted by atomic mass is 32.2. The molecule has 1 N–H and O–H groups in total. The fourth-order valence-corrected chi connectivity index (χ4v) is 4.88. The fraction of sp³-hybridized carbons (Fsp3) is 0.200. The van der Waals surface area contributed by atoms with Gasteiger partial charge in [-0.1, -0.05) is 66.4 Å². The number of rotatable bonds is 6. The molecule has 2 aromatic carbocycles. The van der Waals surface area contributed by atoms with Crippen molar-refractivity contribution in [3.63, 3.8) is 0 Å². The zero-order chi connectivity index (χ0) is 22.1. The number of hydrogen-bond donors (Lipinski definition) is 1. The Labute approximate surface area is 185 Å². The number of hydrogen-bond acceptors (Lipinski definition) is 5. The molecule has 4 rings (SSSR count). The summed E-state index contributed by atoms with van der Waals surface area (Å²) in [4.78, 5) is 28.2. The lowest BCUT2D eigenvalue weighted by Crippen LogP contribution is -2.16. The van der Waals surface area contributed by atoms with Gasteiger partial charge in [0.1, 0.15) is 10.7 Å². The number of fused-ring (bicyclic) bond motifs is 1. The Bertz CT molecular complexity index is 1300. The van der Waals surface area contributed by atoms with Gasteiger partial charge in [-0.15, -0.1) is 10.2 Å². The molecule has 0 amide bonds. The van der Waals surface area contributed by atoms with Gasteiger partial charge < -0.3 is 4.98 Å². The van der Waals surface area contributed by atoms with Crippen molar-refractivity contribution in [3.8, 4) is 11.3 Å². The molecule has 5 nitrogen and oxygen atoms in total. The molecule has 0 unspecified atom stereocenters. The van der Waals surface area contributed by atoms with Crippen molar-refractivity contribution in [1.82, 2.24) is 15.2 Å². The van der Waals surface area contributed by atoms with Gasteiger partial charge >= 0.3 is 0 Å². The molecule has 0 bridgehead atoms. The van der Waals surface area contributed by atoms with Gasteiger partial charge in [0.15, 0.2) is 11.6 Å². The Morgan fingerprint density at radius 2 is 1.58 bits per heavy atom. The van der Waals surface area contributed by atoms with Gasteiger partial charge in [-0.3, -0.25) is 9.59 Å². The van der Waals surface area contributed by atoms with E-state index < -0.39 is 5.25 Å². The SMILES string of the molecule is CC(=O)c1c(C)[nH]c(C(=O)[C@@H](C)Sc2nnc(-c3ccccc3)c3ccccc23)c1C. The molecule has 1 atom stereocenters. The van der Waals surface area contributed by atoms with E-state index in [1.807, 2.05) is 75.4 Å². The fourth-order valence-electron chi connectivity index (χ4n) is 3.92. The molecule has 6 heteroatoms. The summed E-state index contributed by atoms with van der Waals surface area (Å²) in [6.45, 7) is 7.01. The van der Waals surface area contributed by atoms with E-state index in [1.165, 1.54) is 18.7 Å². The molecule has 0 aliphatic carbocycles. The molecule has 0 aliphatic rings. The standard InChI is InChI=1S/C25H23N3O2S/c1-14-21(16(3)29)15(2)26-22(14)24(30)17(4)31-25-20-13-9-8-12-19(20)23(27-28-25)18-10-6-5-7-11-18/h5-13,17,26H,1-4H3/t17-/m1/s1. The largest absolute Gasteiger partial charge is 0.355 e. The summed E-state index contributed by atoms with van der Waals surface area (Å²) in [6.07, 6.45) is 0. The first-order chi connectivity index (χ1) is 14.9. The summed E-state index contributed by atoms with van der Waals surface area (Å²) in [5, 5.41) is 11.2. The zero-order valence-electron chi connectivity index (χ0n) is 17.9. The molecular weight excluding hydrogens is 406 g/mol. The van der Waals surface area contributed by atoms with Crippen molar-refractivity contribution >= 4 is 34.1 Å². The van der Waals surface area contributed by atoms with Gasteiger partial charge in [-0.25, -0.2) is 0 Å². The minimum atomic E-state index is -0.392. The number of nitrogens with one attached hydrogen (secondary N) is 1. The summed E-state index contributed by atoms with van der Waals surface area (Å²) < 4.78 is 0. The summed E-state index contributed by atoms with van der Waals surface area (Å²) >= 11 is 1.38. The molecular formula is C25H23N3O2S. The monoisotopic (exact) mass is 429 g/mol. The number of benzene rings is 2. The number of nitrogens with zero attached hydrogens (tertiary/aromatic N) is 2. The first kappa shape index (κ1) is 21.0. The number of ketones is 2. The molecule has 0 saturated heterocycles. The summed E-state index contributed by atoms with van der Waals surface area (Å²) in [6, 6.07) is 17.9. The second-order valence-corrected chi connectivity index (χ2v) is 8.90. The smallest absolute Gasteiger partial charge is 0.192 e. The Morgan fingerprint density at radius 1 is 0.935 bits per heavy atom. The number of carbonyl (C=O) groups is 2. The highest BCUT2D eigenvalue weighted by Crippen LogP contribution is 2.34. The van der Waals surface area contributed by atoms with Crippen molar-refractivity contribution in [2.24, 2.45) is 0 Å². The Hall–Kier alpha value is -3.25. The maximum absolute atomic E-state index is 13.2. The van der Waals surface area contributed by atoms with Gasteiger partial charge in [0.2, 0.25) is 0 Å². The van der Waals surface area contributed by atoms with Crippen molar-refractivity contribution in [3.05, 3.63) is 77.1 Å². The van der Waals surface area contributed by atoms with E-state index in [0.717, 1.165) is 27.7 Å². The average Bonchev–Trinajstić information content (AvgIpc) is 3.08. The Balaban J connectivity index is 1.69. The van der Waals surface area contributed by atoms with Gasteiger partial charge in [0, 0.05) is 27.6 Å². The van der Waals surface area contributed by atoms with Gasteiger partial charge in [0.25, 0.3) is 0 Å². The Morgan fingerprint density at radius 3 is 2.23 bits per heavy atom. The first-order valence-electron chi connectivity index (χ1n) is 10.1. The van der Waals surface area contributed by atoms with Crippen LogP contribution in [0.15, 0.2) is 59.6 Å². The van der Waals surface area contributed by atoms with Crippen LogP contribution < -0.4 is 0 Å². The average molecular weight is 430 g/mol. The van der Waals surface area contributed by atoms with Crippen LogP contribution in [-0.2, 0) is 0 Å². The van der Waals surface area contributed by atoms with E-state index >= 15 is 0 Å². The van der Waals surface area contributed by atoms with Crippen LogP contribution in [0.5, 0.6) is 0 Å². The van der Waals surface area contributed by atoms with Crippen LogP contribution in [0.25, 0.3) is 22.0 Å². The number of aromatic nitrogens is 3. The number of aryl methyl sites for hydroxylation is 1. The van der Waals surface area contributed by atoms with Crippen LogP contribution in [-0.4, -0.2) is 32.0 Å². The van der Waals surface area contributed by atoms with E-state index in [1.54, 1.807) is 0 Å². The predicted octanol–water partition coefficient (Wildman–Crippen LogP) is 5.81. The minimum absolute atomic E-state index is 0.0426. The molecule has 2 aromatic heterocycles. The molecule has 0 radical (unpaired) electrons. The molecule has 31 heavy (non-hydrogen) atoms. The third-order valence-corrected chi connectivity index (χ3v) is 6.49. The summed E-state index contributed by atoms with van der Waals surface area (Å²) in [7, 11) is 0. The van der Waals surface area contributed by atoms with E-state index in [9.17, 15) is 9.59 Å². The molecule has 156 valence electrons. The van der Waals surface area contributed by atoms with Crippen molar-refractivity contribution in [1.29, 1.82) is 0 Å². The van der Waals surface area contributed by atoms with Crippen LogP contribution in [0, 0.1) is 13.8 Å². The Kier molecular flexibility index (Phi) is 5.74. The van der Waals surface area contributed by atoms with Gasteiger partial charge in [0.05, 0.1) is 10.9 Å². The molecule has 2 heterocycles. The quantitative estimate of drug-likeness (QED) is 0.309. The molecule has 0 saturated carbocycles. The summed E-state index contributed by atoms with van der Waals surface area (Å²) in [5.41, 5.74) is 4.34. The number of carbonyl (C=O) groups excluding carboxylic acids is 2. The second-order valence-electron chi connectivity index (χ2n) is 7.57. The third kappa shape index (κ3) is 3.91. The topological polar surface area (TPSA) is 75.7 Å². The number of aromatic amines is 1. The highest BCUT2D eigenvalue weighted by Gasteiger charge is 2.25. The molecule has 0 fully saturated rings. The number of Topliss-reactive ketones (excluding diaryl/α,β-unsaturated/α-hetero) is 2. The van der Waals surface area contributed by atoms with Crippen molar-refractivity contribution in [2.75, 3.05) is 0 Å². The van der Waals surface area contributed by atoms with E-state index in [0.29, 0.717) is 21.8 Å². The van der Waals surface area contributed by atoms with Crippen molar-refractivity contribution < 1.29 is 9.59 Å². The predicted molar refractivity (Wildman–Crippen MR) is 125 cm³/mol. The van der Waals surface area contributed by atoms with Crippen molar-refractivity contribution in [2.45, 2.75) is 38.0 Å². The maximum atomic E-state index is 13.2. The lowest BCUT2D eigenvalue weighted by Gasteiger charge is -2.13. The van der Waals surface area contributed by atoms with Crippen LogP contribution in [0.1, 0.15) is 46.0 Å². The second kappa shape index (κ2) is 8.47. The summed E-state index contributed by atoms with van der Waals surface area (Å²) in [5.74, 6) is -0.102. The van der Waals surface area contributed by atoms with E-state index in [2.05, 4.69) is 15.2 Å². The van der Waals surface area contributed by atoms with Gasteiger partial charge in [-0.05, 0) is 33.3 Å². The van der Waals surface area contributed by atoms with Crippen LogP contribution in [0.2, 0.25) is 0 Å². The van der Waals surface area contributed by atoms with Gasteiger partial charge in [-0.2, -0.15) is 0 Å². The zero-order valence-corrected chi connectivity index (χ0v) is 18.7. The van der Waals surface area contributed by atoms with Crippen LogP contribution in [0.3, 0.4) is 0 Å². The van der Waals surface area contributed by atoms with Crippen LogP contribution in [0.4, 0.5) is 0 Å². The number of H-pyrrole nitrogens is 1. The van der Waals surface area contributed by atoms with E-state index in [4.69, 9.17) is 0 Å². The first-order valence-corrected chi connectivity index (χ1v) is 11.0. The normalized spacial score (nSPS) is 12.1. The number of thioether (sulfide) groups is 1. The third-order valence-electron chi connectivity index (χ3n) is 5.39. The van der Waals surface area contributed by atoms with Crippen LogP contribution >= 0.6 is 11.8 Å². The minimum Gasteiger partial charge on any atom is -0.355 e. The molecule has 0 spiro atoms. The molecule has 4 aromatic rings. The van der Waals surface area contributed by atoms with E-state index in [-0.39, 0.29) is 11.6 Å². The maximum Gasteiger partial charge on any atom is 0.192 e. The highest BCUT2D eigenvalue weighted by molar-refractivity contribution is 8.00. The molecule has 0 aliphatic heterocycles. The lowest BCUT2D eigenvalue weighted by atomic mass is 10.0. The lowest BCUT2D eigenvalue weighted by molar-refractivity contribution is 0.0988.